The Morgan fingerprint density at radius 3 is 2.60 bits per heavy atom. The van der Waals surface area contributed by atoms with Gasteiger partial charge in [0.1, 0.15) is 0 Å². The van der Waals surface area contributed by atoms with E-state index in [0.29, 0.717) is 12.1 Å². The first-order valence-electron chi connectivity index (χ1n) is 7.04. The molecule has 0 aromatic heterocycles. The summed E-state index contributed by atoms with van der Waals surface area (Å²) in [5.74, 6) is 0.139. The van der Waals surface area contributed by atoms with Crippen molar-refractivity contribution in [1.29, 1.82) is 0 Å². The molecule has 0 spiro atoms. The van der Waals surface area contributed by atoms with E-state index in [4.69, 9.17) is 0 Å². The minimum Gasteiger partial charge on any atom is -0.356 e. The van der Waals surface area contributed by atoms with Gasteiger partial charge in [-0.3, -0.25) is 9.59 Å². The predicted molar refractivity (Wildman–Crippen MR) is 80.6 cm³/mol. The molecule has 1 atom stereocenters. The highest BCUT2D eigenvalue weighted by atomic mass is 16.2. The number of nitrogens with zero attached hydrogens (tertiary/aromatic N) is 1. The molecule has 0 bridgehead atoms. The first-order chi connectivity index (χ1) is 9.45. The number of rotatable bonds is 6. The molecule has 4 nitrogen and oxygen atoms in total. The zero-order valence-corrected chi connectivity index (χ0v) is 12.8. The minimum atomic E-state index is -0.00418. The average molecular weight is 276 g/mol. The minimum absolute atomic E-state index is 0.00418. The summed E-state index contributed by atoms with van der Waals surface area (Å²) in [4.78, 5) is 25.1. The number of nitrogens with one attached hydrogen (secondary N) is 1. The van der Waals surface area contributed by atoms with E-state index in [1.807, 2.05) is 38.1 Å². The monoisotopic (exact) mass is 276 g/mol. The molecule has 1 rings (SSSR count). The van der Waals surface area contributed by atoms with Crippen molar-refractivity contribution in [2.75, 3.05) is 20.6 Å². The Balaban J connectivity index is 2.55. The highest BCUT2D eigenvalue weighted by molar-refractivity contribution is 5.94. The molecule has 0 unspecified atom stereocenters. The Morgan fingerprint density at radius 2 is 2.00 bits per heavy atom. The van der Waals surface area contributed by atoms with Gasteiger partial charge in [0.2, 0.25) is 5.91 Å². The molecule has 0 aliphatic rings. The predicted octanol–water partition coefficient (Wildman–Crippen LogP) is 2.09. The molecule has 4 heteroatoms. The molecule has 2 amide bonds. The third-order valence-electron chi connectivity index (χ3n) is 3.35. The van der Waals surface area contributed by atoms with Gasteiger partial charge >= 0.3 is 0 Å². The molecule has 1 aromatic rings. The number of carbonyl (C=O) groups excluding carboxylic acids is 2. The van der Waals surface area contributed by atoms with Crippen LogP contribution in [0.2, 0.25) is 0 Å². The van der Waals surface area contributed by atoms with Crippen molar-refractivity contribution in [2.45, 2.75) is 26.7 Å². The van der Waals surface area contributed by atoms with Crippen LogP contribution in [0.1, 0.15) is 36.2 Å². The summed E-state index contributed by atoms with van der Waals surface area (Å²) in [6, 6.07) is 7.55. The zero-order valence-electron chi connectivity index (χ0n) is 12.8. The number of benzene rings is 1. The first-order valence-corrected chi connectivity index (χ1v) is 7.04. The molecule has 20 heavy (non-hydrogen) atoms. The third-order valence-corrected chi connectivity index (χ3v) is 3.35. The number of amides is 2. The smallest absolute Gasteiger partial charge is 0.253 e. The SMILES string of the molecule is CC[C@@H](C)C(=O)NCCc1cccc(C(=O)N(C)C)c1. The Labute approximate surface area is 121 Å². The van der Waals surface area contributed by atoms with Crippen molar-refractivity contribution in [3.63, 3.8) is 0 Å². The van der Waals surface area contributed by atoms with Gasteiger partial charge in [-0.2, -0.15) is 0 Å². The summed E-state index contributed by atoms with van der Waals surface area (Å²) in [5, 5.41) is 2.92. The fourth-order valence-electron chi connectivity index (χ4n) is 1.81. The van der Waals surface area contributed by atoms with E-state index in [1.165, 1.54) is 0 Å². The van der Waals surface area contributed by atoms with Crippen molar-refractivity contribution < 1.29 is 9.59 Å². The van der Waals surface area contributed by atoms with E-state index < -0.39 is 0 Å². The summed E-state index contributed by atoms with van der Waals surface area (Å²) in [6.45, 7) is 4.52. The molecule has 0 radical (unpaired) electrons. The topological polar surface area (TPSA) is 49.4 Å². The van der Waals surface area contributed by atoms with Crippen LogP contribution in [-0.4, -0.2) is 37.4 Å². The lowest BCUT2D eigenvalue weighted by atomic mass is 10.1. The lowest BCUT2D eigenvalue weighted by Crippen LogP contribution is -2.30. The van der Waals surface area contributed by atoms with Crippen LogP contribution in [-0.2, 0) is 11.2 Å². The first kappa shape index (κ1) is 16.2. The van der Waals surface area contributed by atoms with E-state index >= 15 is 0 Å². The fraction of sp³-hybridized carbons (Fsp3) is 0.500. The van der Waals surface area contributed by atoms with Crippen LogP contribution in [0.25, 0.3) is 0 Å². The average Bonchev–Trinajstić information content (AvgIpc) is 2.45. The normalized spacial score (nSPS) is 11.8. The molecule has 0 fully saturated rings. The maximum Gasteiger partial charge on any atom is 0.253 e. The molecule has 1 N–H and O–H groups in total. The molecule has 0 saturated carbocycles. The molecule has 0 saturated heterocycles. The maximum atomic E-state index is 11.9. The van der Waals surface area contributed by atoms with Gasteiger partial charge in [-0.05, 0) is 30.5 Å². The molecule has 0 heterocycles. The Bertz CT molecular complexity index is 469. The highest BCUT2D eigenvalue weighted by Crippen LogP contribution is 2.08. The van der Waals surface area contributed by atoms with E-state index in [-0.39, 0.29) is 17.7 Å². The van der Waals surface area contributed by atoms with Gasteiger partial charge in [0.15, 0.2) is 0 Å². The summed E-state index contributed by atoms with van der Waals surface area (Å²) in [7, 11) is 3.47. The Morgan fingerprint density at radius 1 is 1.30 bits per heavy atom. The molecule has 0 aliphatic heterocycles. The van der Waals surface area contributed by atoms with Gasteiger partial charge in [-0.1, -0.05) is 26.0 Å². The van der Waals surface area contributed by atoms with E-state index in [2.05, 4.69) is 5.32 Å². The van der Waals surface area contributed by atoms with E-state index in [1.54, 1.807) is 19.0 Å². The summed E-state index contributed by atoms with van der Waals surface area (Å²) >= 11 is 0. The van der Waals surface area contributed by atoms with Crippen LogP contribution in [0.4, 0.5) is 0 Å². The van der Waals surface area contributed by atoms with Gasteiger partial charge in [0.05, 0.1) is 0 Å². The van der Waals surface area contributed by atoms with Crippen molar-refractivity contribution in [1.82, 2.24) is 10.2 Å². The van der Waals surface area contributed by atoms with Crippen LogP contribution in [0, 0.1) is 5.92 Å². The molecule has 1 aromatic carbocycles. The van der Waals surface area contributed by atoms with Crippen LogP contribution < -0.4 is 5.32 Å². The number of hydrogen-bond donors (Lipinski definition) is 1. The second kappa shape index (κ2) is 7.68. The lowest BCUT2D eigenvalue weighted by Gasteiger charge is -2.12. The van der Waals surface area contributed by atoms with Crippen molar-refractivity contribution in [2.24, 2.45) is 5.92 Å². The van der Waals surface area contributed by atoms with Crippen molar-refractivity contribution in [3.8, 4) is 0 Å². The van der Waals surface area contributed by atoms with Crippen LogP contribution in [0.15, 0.2) is 24.3 Å². The quantitative estimate of drug-likeness (QED) is 0.865. The van der Waals surface area contributed by atoms with Crippen molar-refractivity contribution in [3.05, 3.63) is 35.4 Å². The van der Waals surface area contributed by atoms with Crippen LogP contribution in [0.5, 0.6) is 0 Å². The largest absolute Gasteiger partial charge is 0.356 e. The van der Waals surface area contributed by atoms with Gasteiger partial charge in [-0.15, -0.1) is 0 Å². The third kappa shape index (κ3) is 4.68. The van der Waals surface area contributed by atoms with Gasteiger partial charge in [0.25, 0.3) is 5.91 Å². The second-order valence-electron chi connectivity index (χ2n) is 5.25. The Hall–Kier alpha value is -1.84. The zero-order chi connectivity index (χ0) is 15.1. The van der Waals surface area contributed by atoms with Gasteiger partial charge in [-0.25, -0.2) is 0 Å². The van der Waals surface area contributed by atoms with Crippen LogP contribution in [0.3, 0.4) is 0 Å². The van der Waals surface area contributed by atoms with E-state index in [0.717, 1.165) is 18.4 Å². The summed E-state index contributed by atoms with van der Waals surface area (Å²) in [6.07, 6.45) is 1.58. The molecular weight excluding hydrogens is 252 g/mol. The van der Waals surface area contributed by atoms with Crippen LogP contribution >= 0.6 is 0 Å². The summed E-state index contributed by atoms with van der Waals surface area (Å²) < 4.78 is 0. The molecule has 110 valence electrons. The van der Waals surface area contributed by atoms with E-state index in [9.17, 15) is 9.59 Å². The maximum absolute atomic E-state index is 11.9. The highest BCUT2D eigenvalue weighted by Gasteiger charge is 2.10. The lowest BCUT2D eigenvalue weighted by molar-refractivity contribution is -0.124. The molecule has 0 aliphatic carbocycles. The fourth-order valence-corrected chi connectivity index (χ4v) is 1.81. The summed E-state index contributed by atoms with van der Waals surface area (Å²) in [5.41, 5.74) is 1.74. The van der Waals surface area contributed by atoms with Gasteiger partial charge in [0, 0.05) is 32.1 Å². The van der Waals surface area contributed by atoms with Gasteiger partial charge < -0.3 is 10.2 Å². The Kier molecular flexibility index (Phi) is 6.22. The second-order valence-corrected chi connectivity index (χ2v) is 5.25. The molecular formula is C16H24N2O2. The number of carbonyl (C=O) groups is 2. The standard InChI is InChI=1S/C16H24N2O2/c1-5-12(2)15(19)17-10-9-13-7-6-8-14(11-13)16(20)18(3)4/h6-8,11-12H,5,9-10H2,1-4H3,(H,17,19)/t12-/m1/s1. The number of hydrogen-bond acceptors (Lipinski definition) is 2. The van der Waals surface area contributed by atoms with Crippen molar-refractivity contribution >= 4 is 11.8 Å².